The molecule has 2 atom stereocenters. The molecule has 2 aliphatic rings. The van der Waals surface area contributed by atoms with Gasteiger partial charge in [-0.15, -0.1) is 0 Å². The lowest BCUT2D eigenvalue weighted by molar-refractivity contribution is 0.0695. The number of carbonyl (C=O) groups is 1. The first-order valence-corrected chi connectivity index (χ1v) is 7.35. The number of anilines is 1. The van der Waals surface area contributed by atoms with Crippen molar-refractivity contribution in [1.82, 2.24) is 9.97 Å². The van der Waals surface area contributed by atoms with Gasteiger partial charge in [-0.1, -0.05) is 0 Å². The number of aromatic nitrogens is 2. The molecule has 0 bridgehead atoms. The van der Waals surface area contributed by atoms with Crippen LogP contribution in [0.5, 0.6) is 0 Å². The third-order valence-electron chi connectivity index (χ3n) is 4.97. The first-order chi connectivity index (χ1) is 10.9. The molecule has 1 saturated carbocycles. The van der Waals surface area contributed by atoms with Crippen LogP contribution in [0, 0.1) is 24.6 Å². The Morgan fingerprint density at radius 3 is 2.74 bits per heavy atom. The SMILES string of the molecule is Cc1c(F)c(N2CC3C(N)C3C2)nc2[nH]cc(C(=O)O)c(=O)c12. The largest absolute Gasteiger partial charge is 0.477 e. The molecule has 2 unspecified atom stereocenters. The lowest BCUT2D eigenvalue weighted by Gasteiger charge is -2.22. The number of pyridine rings is 2. The molecule has 2 fully saturated rings. The average Bonchev–Trinajstić information content (AvgIpc) is 2.93. The topological polar surface area (TPSA) is 112 Å². The molecule has 8 heteroatoms. The van der Waals surface area contributed by atoms with Gasteiger partial charge in [-0.05, 0) is 18.8 Å². The summed E-state index contributed by atoms with van der Waals surface area (Å²) in [6, 6.07) is 0.189. The number of nitrogens with zero attached hydrogens (tertiary/aromatic N) is 2. The Hall–Kier alpha value is -2.48. The van der Waals surface area contributed by atoms with Crippen molar-refractivity contribution in [3.8, 4) is 0 Å². The second-order valence-electron chi connectivity index (χ2n) is 6.24. The molecule has 120 valence electrons. The number of rotatable bonds is 2. The van der Waals surface area contributed by atoms with Crippen molar-refractivity contribution < 1.29 is 14.3 Å². The molecule has 1 aliphatic carbocycles. The second-order valence-corrected chi connectivity index (χ2v) is 6.24. The van der Waals surface area contributed by atoms with Crippen LogP contribution in [-0.2, 0) is 0 Å². The third-order valence-corrected chi connectivity index (χ3v) is 4.97. The molecule has 2 aromatic rings. The van der Waals surface area contributed by atoms with Crippen LogP contribution in [0.15, 0.2) is 11.0 Å². The fourth-order valence-electron chi connectivity index (χ4n) is 3.50. The molecule has 4 rings (SSSR count). The van der Waals surface area contributed by atoms with E-state index in [-0.39, 0.29) is 28.5 Å². The molecule has 0 radical (unpaired) electrons. The number of fused-ring (bicyclic) bond motifs is 2. The number of aryl methyl sites for hydroxylation is 1. The number of aromatic amines is 1. The number of aromatic carboxylic acids is 1. The van der Waals surface area contributed by atoms with Crippen LogP contribution in [0.4, 0.5) is 10.2 Å². The molecule has 2 aromatic heterocycles. The van der Waals surface area contributed by atoms with E-state index < -0.39 is 22.8 Å². The Kier molecular flexibility index (Phi) is 2.77. The highest BCUT2D eigenvalue weighted by Gasteiger charge is 2.54. The van der Waals surface area contributed by atoms with Crippen LogP contribution in [0.1, 0.15) is 15.9 Å². The summed E-state index contributed by atoms with van der Waals surface area (Å²) in [5.41, 5.74) is 5.04. The zero-order valence-electron chi connectivity index (χ0n) is 12.3. The zero-order valence-corrected chi connectivity index (χ0v) is 12.3. The number of nitrogens with one attached hydrogen (secondary N) is 1. The number of carboxylic acids is 1. The molecule has 4 N–H and O–H groups in total. The summed E-state index contributed by atoms with van der Waals surface area (Å²) in [5.74, 6) is -1.000. The van der Waals surface area contributed by atoms with E-state index in [4.69, 9.17) is 10.8 Å². The molecule has 0 spiro atoms. The minimum Gasteiger partial charge on any atom is -0.477 e. The maximum absolute atomic E-state index is 14.7. The van der Waals surface area contributed by atoms with Crippen LogP contribution in [-0.4, -0.2) is 40.2 Å². The van der Waals surface area contributed by atoms with Crippen molar-refractivity contribution in [3.05, 3.63) is 33.4 Å². The van der Waals surface area contributed by atoms with E-state index in [9.17, 15) is 14.0 Å². The van der Waals surface area contributed by atoms with Crippen molar-refractivity contribution in [3.63, 3.8) is 0 Å². The molecule has 3 heterocycles. The summed E-state index contributed by atoms with van der Waals surface area (Å²) in [4.78, 5) is 32.0. The molecular weight excluding hydrogens is 303 g/mol. The van der Waals surface area contributed by atoms with Crippen LogP contribution in [0.2, 0.25) is 0 Å². The molecule has 7 nitrogen and oxygen atoms in total. The van der Waals surface area contributed by atoms with Crippen LogP contribution in [0.3, 0.4) is 0 Å². The van der Waals surface area contributed by atoms with Gasteiger partial charge in [0.1, 0.15) is 11.2 Å². The van der Waals surface area contributed by atoms with Gasteiger partial charge in [0.15, 0.2) is 11.6 Å². The predicted molar refractivity (Wildman–Crippen MR) is 81.2 cm³/mol. The maximum atomic E-state index is 14.7. The monoisotopic (exact) mass is 318 g/mol. The Bertz CT molecular complexity index is 898. The van der Waals surface area contributed by atoms with E-state index >= 15 is 0 Å². The van der Waals surface area contributed by atoms with Gasteiger partial charge in [0.25, 0.3) is 0 Å². The number of nitrogens with two attached hydrogens (primary N) is 1. The molecule has 0 amide bonds. The summed E-state index contributed by atoms with van der Waals surface area (Å²) in [7, 11) is 0. The maximum Gasteiger partial charge on any atom is 0.341 e. The Labute approximate surface area is 129 Å². The highest BCUT2D eigenvalue weighted by atomic mass is 19.1. The van der Waals surface area contributed by atoms with Crippen LogP contribution >= 0.6 is 0 Å². The van der Waals surface area contributed by atoms with E-state index in [2.05, 4.69) is 9.97 Å². The van der Waals surface area contributed by atoms with Crippen LogP contribution < -0.4 is 16.1 Å². The van der Waals surface area contributed by atoms with Crippen molar-refractivity contribution in [2.45, 2.75) is 13.0 Å². The number of hydrogen-bond acceptors (Lipinski definition) is 5. The van der Waals surface area contributed by atoms with Gasteiger partial charge in [-0.25, -0.2) is 14.2 Å². The molecule has 0 aromatic carbocycles. The highest BCUT2D eigenvalue weighted by molar-refractivity contribution is 5.92. The number of piperidine rings is 1. The van der Waals surface area contributed by atoms with Gasteiger partial charge < -0.3 is 20.7 Å². The first kappa shape index (κ1) is 14.1. The lowest BCUT2D eigenvalue weighted by atomic mass is 10.1. The predicted octanol–water partition coefficient (Wildman–Crippen LogP) is 0.462. The molecule has 23 heavy (non-hydrogen) atoms. The van der Waals surface area contributed by atoms with Crippen molar-refractivity contribution in [2.24, 2.45) is 17.6 Å². The van der Waals surface area contributed by atoms with Gasteiger partial charge in [-0.2, -0.15) is 0 Å². The standard InChI is InChI=1S/C15H15FN4O3/c1-5-9-12(21)6(15(22)23)2-18-13(9)19-14(10(5)16)20-3-7-8(4-20)11(7)17/h2,7-8,11H,3-4,17H2,1H3,(H,22,23)(H,18,19,21). The summed E-state index contributed by atoms with van der Waals surface area (Å²) >= 11 is 0. The lowest BCUT2D eigenvalue weighted by Crippen LogP contribution is -2.30. The number of hydrogen-bond donors (Lipinski definition) is 3. The average molecular weight is 318 g/mol. The Balaban J connectivity index is 1.86. The minimum atomic E-state index is -1.36. The first-order valence-electron chi connectivity index (χ1n) is 7.35. The molecular formula is C15H15FN4O3. The summed E-state index contributed by atoms with van der Waals surface area (Å²) in [5, 5.41) is 9.00. The number of H-pyrrole nitrogens is 1. The van der Waals surface area contributed by atoms with E-state index in [0.29, 0.717) is 24.9 Å². The normalized spacial score (nSPS) is 25.7. The quantitative estimate of drug-likeness (QED) is 0.741. The fraction of sp³-hybridized carbons (Fsp3) is 0.400. The van der Waals surface area contributed by atoms with E-state index in [1.807, 2.05) is 4.90 Å². The van der Waals surface area contributed by atoms with Crippen molar-refractivity contribution in [1.29, 1.82) is 0 Å². The van der Waals surface area contributed by atoms with E-state index in [0.717, 1.165) is 6.20 Å². The van der Waals surface area contributed by atoms with Gasteiger partial charge in [-0.3, -0.25) is 4.79 Å². The number of halogens is 1. The Morgan fingerprint density at radius 2 is 2.13 bits per heavy atom. The van der Waals surface area contributed by atoms with Gasteiger partial charge in [0.2, 0.25) is 5.43 Å². The second kappa shape index (κ2) is 4.51. The minimum absolute atomic E-state index is 0.0211. The Morgan fingerprint density at radius 1 is 1.48 bits per heavy atom. The van der Waals surface area contributed by atoms with E-state index in [1.54, 1.807) is 0 Å². The summed E-state index contributed by atoms with van der Waals surface area (Å²) in [6.45, 7) is 2.77. The van der Waals surface area contributed by atoms with Gasteiger partial charge >= 0.3 is 5.97 Å². The fourth-order valence-corrected chi connectivity index (χ4v) is 3.50. The molecule has 1 saturated heterocycles. The van der Waals surface area contributed by atoms with Crippen molar-refractivity contribution >= 4 is 22.8 Å². The molecule has 1 aliphatic heterocycles. The van der Waals surface area contributed by atoms with Gasteiger partial charge in [0, 0.05) is 30.9 Å². The zero-order chi connectivity index (χ0) is 16.5. The van der Waals surface area contributed by atoms with Crippen LogP contribution in [0.25, 0.3) is 11.0 Å². The highest BCUT2D eigenvalue weighted by Crippen LogP contribution is 2.45. The number of carboxylic acid groups (broad SMARTS) is 1. The van der Waals surface area contributed by atoms with Crippen molar-refractivity contribution in [2.75, 3.05) is 18.0 Å². The summed E-state index contributed by atoms with van der Waals surface area (Å²) < 4.78 is 14.7. The van der Waals surface area contributed by atoms with E-state index in [1.165, 1.54) is 6.92 Å². The summed E-state index contributed by atoms with van der Waals surface area (Å²) in [6.07, 6.45) is 1.10. The smallest absolute Gasteiger partial charge is 0.341 e. The van der Waals surface area contributed by atoms with Gasteiger partial charge in [0.05, 0.1) is 5.39 Å². The third kappa shape index (κ3) is 1.88.